The molecule has 1 aliphatic rings. The molecule has 2 rings (SSSR count). The van der Waals surface area contributed by atoms with Crippen LogP contribution in [0.2, 0.25) is 0 Å². The molecule has 4 atom stereocenters. The second kappa shape index (κ2) is 6.29. The number of nitrogens with zero attached hydrogens (tertiary/aromatic N) is 1. The van der Waals surface area contributed by atoms with Crippen molar-refractivity contribution >= 4 is 10.8 Å². The lowest BCUT2D eigenvalue weighted by molar-refractivity contribution is 0.313. The molecule has 0 heterocycles. The Bertz CT molecular complexity index is 511. The van der Waals surface area contributed by atoms with Crippen molar-refractivity contribution in [1.82, 2.24) is 0 Å². The molecule has 0 spiro atoms. The Balaban J connectivity index is 2.22. The maximum Gasteiger partial charge on any atom is 0.124 e. The van der Waals surface area contributed by atoms with E-state index >= 15 is 0 Å². The summed E-state index contributed by atoms with van der Waals surface area (Å²) in [6.45, 7) is 2.12. The van der Waals surface area contributed by atoms with Gasteiger partial charge in [0.25, 0.3) is 0 Å². The third-order valence-electron chi connectivity index (χ3n) is 3.95. The minimum atomic E-state index is -1.29. The van der Waals surface area contributed by atoms with Crippen LogP contribution < -0.4 is 0 Å². The second-order valence-electron chi connectivity index (χ2n) is 5.12. The van der Waals surface area contributed by atoms with Crippen molar-refractivity contribution < 1.29 is 8.60 Å². The molecule has 1 aromatic carbocycles. The predicted octanol–water partition coefficient (Wildman–Crippen LogP) is 3.65. The molecular weight excluding hydrogens is 261 g/mol. The number of hydrogen-bond donors (Lipinski definition) is 0. The summed E-state index contributed by atoms with van der Waals surface area (Å²) in [5.74, 6) is -0.0128. The van der Waals surface area contributed by atoms with E-state index < -0.39 is 10.8 Å². The Morgan fingerprint density at radius 3 is 2.89 bits per heavy atom. The average molecular weight is 279 g/mol. The molecule has 1 aromatic rings. The van der Waals surface area contributed by atoms with E-state index in [9.17, 15) is 13.9 Å². The van der Waals surface area contributed by atoms with Gasteiger partial charge in [-0.2, -0.15) is 5.26 Å². The van der Waals surface area contributed by atoms with E-state index in [0.29, 0.717) is 10.8 Å². The highest BCUT2D eigenvalue weighted by molar-refractivity contribution is 7.85. The zero-order chi connectivity index (χ0) is 13.8. The van der Waals surface area contributed by atoms with Gasteiger partial charge in [0.05, 0.1) is 28.0 Å². The minimum Gasteiger partial charge on any atom is -0.254 e. The molecule has 2 nitrogen and oxygen atoms in total. The summed E-state index contributed by atoms with van der Waals surface area (Å²) in [5.41, 5.74) is 0. The lowest BCUT2D eigenvalue weighted by atomic mass is 9.81. The number of nitriles is 1. The van der Waals surface area contributed by atoms with Crippen LogP contribution >= 0.6 is 0 Å². The van der Waals surface area contributed by atoms with Gasteiger partial charge in [0.2, 0.25) is 0 Å². The molecular formula is C15H18FNOS. The molecule has 102 valence electrons. The van der Waals surface area contributed by atoms with Crippen molar-refractivity contribution in [2.75, 3.05) is 0 Å². The van der Waals surface area contributed by atoms with Crippen molar-refractivity contribution in [3.8, 4) is 6.07 Å². The van der Waals surface area contributed by atoms with Gasteiger partial charge in [0, 0.05) is 4.90 Å². The average Bonchev–Trinajstić information content (AvgIpc) is 2.45. The van der Waals surface area contributed by atoms with Crippen molar-refractivity contribution in [2.45, 2.75) is 42.8 Å². The van der Waals surface area contributed by atoms with Crippen molar-refractivity contribution in [1.29, 1.82) is 5.26 Å². The normalized spacial score (nSPS) is 28.6. The third-order valence-corrected chi connectivity index (χ3v) is 5.74. The maximum atomic E-state index is 13.2. The van der Waals surface area contributed by atoms with Gasteiger partial charge in [-0.1, -0.05) is 19.4 Å². The number of hydrogen-bond acceptors (Lipinski definition) is 2. The summed E-state index contributed by atoms with van der Waals surface area (Å²) in [7, 11) is -1.29. The van der Waals surface area contributed by atoms with E-state index in [-0.39, 0.29) is 17.0 Å². The van der Waals surface area contributed by atoms with E-state index in [0.717, 1.165) is 25.7 Å². The summed E-state index contributed by atoms with van der Waals surface area (Å²) in [6, 6.07) is 8.20. The van der Waals surface area contributed by atoms with Gasteiger partial charge in [-0.3, -0.25) is 4.21 Å². The Morgan fingerprint density at radius 1 is 1.47 bits per heavy atom. The van der Waals surface area contributed by atoms with Gasteiger partial charge in [-0.25, -0.2) is 4.39 Å². The molecule has 1 aliphatic carbocycles. The molecule has 1 saturated carbocycles. The van der Waals surface area contributed by atoms with E-state index in [4.69, 9.17) is 0 Å². The van der Waals surface area contributed by atoms with Crippen LogP contribution in [0.3, 0.4) is 0 Å². The highest BCUT2D eigenvalue weighted by Gasteiger charge is 2.34. The SMILES string of the molecule is CCC1CCC(C#N)C(S(=O)c2cccc(F)c2)C1. The zero-order valence-electron chi connectivity index (χ0n) is 11.0. The molecule has 0 bridgehead atoms. The first kappa shape index (κ1) is 14.2. The Hall–Kier alpha value is -1.21. The van der Waals surface area contributed by atoms with Crippen LogP contribution in [0, 0.1) is 29.0 Å². The van der Waals surface area contributed by atoms with E-state index in [1.165, 1.54) is 12.1 Å². The highest BCUT2D eigenvalue weighted by atomic mass is 32.2. The third kappa shape index (κ3) is 3.22. The fourth-order valence-corrected chi connectivity index (χ4v) is 4.47. The van der Waals surface area contributed by atoms with Crippen molar-refractivity contribution in [3.63, 3.8) is 0 Å². The van der Waals surface area contributed by atoms with Gasteiger partial charge in [0.15, 0.2) is 0 Å². The number of halogens is 1. The van der Waals surface area contributed by atoms with E-state index in [2.05, 4.69) is 13.0 Å². The first-order chi connectivity index (χ1) is 9.15. The molecule has 19 heavy (non-hydrogen) atoms. The van der Waals surface area contributed by atoms with Gasteiger partial charge >= 0.3 is 0 Å². The van der Waals surface area contributed by atoms with Crippen LogP contribution in [0.5, 0.6) is 0 Å². The second-order valence-corrected chi connectivity index (χ2v) is 6.79. The van der Waals surface area contributed by atoms with E-state index in [1.54, 1.807) is 12.1 Å². The van der Waals surface area contributed by atoms with Crippen LogP contribution in [0.25, 0.3) is 0 Å². The summed E-state index contributed by atoms with van der Waals surface area (Å²) in [5, 5.41) is 9.05. The van der Waals surface area contributed by atoms with Crippen LogP contribution in [-0.2, 0) is 10.8 Å². The maximum absolute atomic E-state index is 13.2. The Labute approximate surface area is 116 Å². The van der Waals surface area contributed by atoms with Crippen LogP contribution in [0.15, 0.2) is 29.2 Å². The molecule has 0 aromatic heterocycles. The quantitative estimate of drug-likeness (QED) is 0.847. The standard InChI is InChI=1S/C15H18FNOS/c1-2-11-6-7-12(10-17)15(8-11)19(18)14-5-3-4-13(16)9-14/h3-5,9,11-12,15H,2,6-8H2,1H3. The first-order valence-electron chi connectivity index (χ1n) is 6.71. The van der Waals surface area contributed by atoms with Crippen molar-refractivity contribution in [3.05, 3.63) is 30.1 Å². The highest BCUT2D eigenvalue weighted by Crippen LogP contribution is 2.35. The fourth-order valence-electron chi connectivity index (χ4n) is 2.73. The topological polar surface area (TPSA) is 40.9 Å². The van der Waals surface area contributed by atoms with Crippen LogP contribution in [0.1, 0.15) is 32.6 Å². The van der Waals surface area contributed by atoms with E-state index in [1.807, 2.05) is 0 Å². The van der Waals surface area contributed by atoms with Gasteiger partial charge in [0.1, 0.15) is 5.82 Å². The monoisotopic (exact) mass is 279 g/mol. The zero-order valence-corrected chi connectivity index (χ0v) is 11.8. The lowest BCUT2D eigenvalue weighted by Gasteiger charge is -2.31. The Kier molecular flexibility index (Phi) is 4.71. The molecule has 0 amide bonds. The Morgan fingerprint density at radius 2 is 2.26 bits per heavy atom. The smallest absolute Gasteiger partial charge is 0.124 e. The summed E-state index contributed by atoms with van der Waals surface area (Å²) in [4.78, 5) is 0.502. The molecule has 0 saturated heterocycles. The molecule has 4 unspecified atom stereocenters. The molecule has 0 N–H and O–H groups in total. The first-order valence-corrected chi connectivity index (χ1v) is 7.92. The molecule has 4 heteroatoms. The largest absolute Gasteiger partial charge is 0.254 e. The lowest BCUT2D eigenvalue weighted by Crippen LogP contribution is -2.32. The molecule has 0 radical (unpaired) electrons. The van der Waals surface area contributed by atoms with Gasteiger partial charge in [-0.15, -0.1) is 0 Å². The van der Waals surface area contributed by atoms with Crippen LogP contribution in [-0.4, -0.2) is 9.46 Å². The van der Waals surface area contributed by atoms with Crippen LogP contribution in [0.4, 0.5) is 4.39 Å². The fraction of sp³-hybridized carbons (Fsp3) is 0.533. The molecule has 0 aliphatic heterocycles. The minimum absolute atomic E-state index is 0.162. The summed E-state index contributed by atoms with van der Waals surface area (Å²) >= 11 is 0. The van der Waals surface area contributed by atoms with Gasteiger partial charge < -0.3 is 0 Å². The number of benzene rings is 1. The number of rotatable bonds is 3. The summed E-state index contributed by atoms with van der Waals surface area (Å²) in [6.07, 6.45) is 3.69. The molecule has 1 fully saturated rings. The summed E-state index contributed by atoms with van der Waals surface area (Å²) < 4.78 is 25.8. The van der Waals surface area contributed by atoms with Crippen molar-refractivity contribution in [2.24, 2.45) is 11.8 Å². The van der Waals surface area contributed by atoms with Gasteiger partial charge in [-0.05, 0) is 43.4 Å². The predicted molar refractivity (Wildman–Crippen MR) is 73.3 cm³/mol.